The maximum Gasteiger partial charge on any atom is 0.149 e. The fraction of sp³-hybridized carbons (Fsp3) is 0.273. The quantitative estimate of drug-likeness (QED) is 0.842. The van der Waals surface area contributed by atoms with Crippen LogP contribution >= 0.6 is 11.3 Å². The molecule has 0 amide bonds. The molecular formula is C11H13N3S. The summed E-state index contributed by atoms with van der Waals surface area (Å²) >= 11 is 1.69. The molecule has 0 saturated carbocycles. The van der Waals surface area contributed by atoms with Crippen molar-refractivity contribution in [2.24, 2.45) is 5.73 Å². The van der Waals surface area contributed by atoms with E-state index in [0.717, 1.165) is 11.1 Å². The second-order valence-electron chi connectivity index (χ2n) is 3.59. The van der Waals surface area contributed by atoms with Crippen LogP contribution in [0.3, 0.4) is 0 Å². The molecule has 0 saturated heterocycles. The smallest absolute Gasteiger partial charge is 0.149 e. The van der Waals surface area contributed by atoms with Gasteiger partial charge in [-0.3, -0.25) is 0 Å². The van der Waals surface area contributed by atoms with Crippen molar-refractivity contribution >= 4 is 11.3 Å². The minimum atomic E-state index is -0.212. The van der Waals surface area contributed by atoms with E-state index in [1.807, 2.05) is 6.92 Å². The van der Waals surface area contributed by atoms with Crippen LogP contribution in [0.15, 0.2) is 23.8 Å². The SMILES string of the molecule is Cc1cnc(C(N)c2csc(C)c2)nc1. The molecule has 1 atom stereocenters. The highest BCUT2D eigenvalue weighted by molar-refractivity contribution is 7.10. The van der Waals surface area contributed by atoms with Crippen LogP contribution in [0.1, 0.15) is 27.9 Å². The Balaban J connectivity index is 2.28. The van der Waals surface area contributed by atoms with Gasteiger partial charge >= 0.3 is 0 Å². The highest BCUT2D eigenvalue weighted by Crippen LogP contribution is 2.21. The summed E-state index contributed by atoms with van der Waals surface area (Å²) in [5.74, 6) is 0.679. The van der Waals surface area contributed by atoms with Crippen LogP contribution in [-0.2, 0) is 0 Å². The Labute approximate surface area is 93.0 Å². The first-order valence-corrected chi connectivity index (χ1v) is 5.64. The van der Waals surface area contributed by atoms with Crippen molar-refractivity contribution in [3.8, 4) is 0 Å². The van der Waals surface area contributed by atoms with Gasteiger partial charge in [0.2, 0.25) is 0 Å². The van der Waals surface area contributed by atoms with E-state index in [-0.39, 0.29) is 6.04 Å². The summed E-state index contributed by atoms with van der Waals surface area (Å²) in [4.78, 5) is 9.72. The molecule has 1 unspecified atom stereocenters. The molecule has 0 fully saturated rings. The Morgan fingerprint density at radius 2 is 1.93 bits per heavy atom. The number of hydrogen-bond acceptors (Lipinski definition) is 4. The van der Waals surface area contributed by atoms with Crippen molar-refractivity contribution in [3.05, 3.63) is 45.7 Å². The monoisotopic (exact) mass is 219 g/mol. The molecule has 4 heteroatoms. The molecule has 0 radical (unpaired) electrons. The Morgan fingerprint density at radius 3 is 2.47 bits per heavy atom. The lowest BCUT2D eigenvalue weighted by Gasteiger charge is -2.07. The predicted octanol–water partition coefficient (Wildman–Crippen LogP) is 2.20. The van der Waals surface area contributed by atoms with Crippen LogP contribution in [0.25, 0.3) is 0 Å². The van der Waals surface area contributed by atoms with Crippen LogP contribution in [0.4, 0.5) is 0 Å². The summed E-state index contributed by atoms with van der Waals surface area (Å²) in [7, 11) is 0. The molecular weight excluding hydrogens is 206 g/mol. The summed E-state index contributed by atoms with van der Waals surface area (Å²) in [5.41, 5.74) is 8.19. The zero-order valence-corrected chi connectivity index (χ0v) is 9.58. The summed E-state index contributed by atoms with van der Waals surface area (Å²) < 4.78 is 0. The van der Waals surface area contributed by atoms with E-state index in [0.29, 0.717) is 5.82 Å². The van der Waals surface area contributed by atoms with Gasteiger partial charge in [-0.2, -0.15) is 0 Å². The molecule has 0 spiro atoms. The molecule has 0 aliphatic carbocycles. The number of rotatable bonds is 2. The standard InChI is InChI=1S/C11H13N3S/c1-7-4-13-11(14-5-7)10(12)9-3-8(2)15-6-9/h3-6,10H,12H2,1-2H3. The Morgan fingerprint density at radius 1 is 1.27 bits per heavy atom. The van der Waals surface area contributed by atoms with Crippen molar-refractivity contribution in [3.63, 3.8) is 0 Å². The Hall–Kier alpha value is -1.26. The van der Waals surface area contributed by atoms with E-state index in [9.17, 15) is 0 Å². The third-order valence-electron chi connectivity index (χ3n) is 2.19. The third-order valence-corrected chi connectivity index (χ3v) is 3.07. The van der Waals surface area contributed by atoms with Crippen molar-refractivity contribution in [1.29, 1.82) is 0 Å². The normalized spacial score (nSPS) is 12.7. The van der Waals surface area contributed by atoms with Gasteiger partial charge in [-0.15, -0.1) is 11.3 Å². The lowest BCUT2D eigenvalue weighted by molar-refractivity contribution is 0.780. The lowest BCUT2D eigenvalue weighted by Crippen LogP contribution is -2.14. The van der Waals surface area contributed by atoms with Crippen LogP contribution in [0.2, 0.25) is 0 Å². The Kier molecular flexibility index (Phi) is 2.79. The number of hydrogen-bond donors (Lipinski definition) is 1. The summed E-state index contributed by atoms with van der Waals surface area (Å²) in [6.45, 7) is 4.03. The zero-order chi connectivity index (χ0) is 10.8. The first-order valence-electron chi connectivity index (χ1n) is 4.76. The summed E-state index contributed by atoms with van der Waals surface area (Å²) in [5, 5.41) is 2.06. The molecule has 0 aromatic carbocycles. The van der Waals surface area contributed by atoms with E-state index in [2.05, 4.69) is 28.3 Å². The van der Waals surface area contributed by atoms with Gasteiger partial charge in [0.25, 0.3) is 0 Å². The molecule has 0 bridgehead atoms. The van der Waals surface area contributed by atoms with Gasteiger partial charge in [0, 0.05) is 17.3 Å². The van der Waals surface area contributed by atoms with Gasteiger partial charge in [-0.25, -0.2) is 9.97 Å². The molecule has 0 aliphatic heterocycles. The second-order valence-corrected chi connectivity index (χ2v) is 4.70. The first kappa shape index (κ1) is 10.3. The van der Waals surface area contributed by atoms with Crippen LogP contribution in [-0.4, -0.2) is 9.97 Å². The van der Waals surface area contributed by atoms with E-state index >= 15 is 0 Å². The fourth-order valence-corrected chi connectivity index (χ4v) is 2.08. The van der Waals surface area contributed by atoms with Crippen LogP contribution in [0.5, 0.6) is 0 Å². The zero-order valence-electron chi connectivity index (χ0n) is 8.77. The van der Waals surface area contributed by atoms with Crippen molar-refractivity contribution in [2.75, 3.05) is 0 Å². The van der Waals surface area contributed by atoms with Crippen molar-refractivity contribution in [2.45, 2.75) is 19.9 Å². The summed E-state index contributed by atoms with van der Waals surface area (Å²) in [6, 6.07) is 1.87. The Bertz CT molecular complexity index is 447. The highest BCUT2D eigenvalue weighted by Gasteiger charge is 2.12. The molecule has 2 heterocycles. The average Bonchev–Trinajstić information content (AvgIpc) is 2.65. The minimum Gasteiger partial charge on any atom is -0.318 e. The van der Waals surface area contributed by atoms with Crippen LogP contribution in [0, 0.1) is 13.8 Å². The molecule has 2 N–H and O–H groups in total. The van der Waals surface area contributed by atoms with Gasteiger partial charge in [0.05, 0.1) is 6.04 Å². The number of aryl methyl sites for hydroxylation is 2. The molecule has 3 nitrogen and oxygen atoms in total. The maximum atomic E-state index is 6.06. The van der Waals surface area contributed by atoms with E-state index in [1.165, 1.54) is 4.88 Å². The number of nitrogens with two attached hydrogens (primary N) is 1. The second kappa shape index (κ2) is 4.08. The average molecular weight is 219 g/mol. The molecule has 78 valence electrons. The predicted molar refractivity (Wildman–Crippen MR) is 61.9 cm³/mol. The minimum absolute atomic E-state index is 0.212. The number of nitrogens with zero attached hydrogens (tertiary/aromatic N) is 2. The third kappa shape index (κ3) is 2.22. The number of aromatic nitrogens is 2. The molecule has 2 aromatic heterocycles. The fourth-order valence-electron chi connectivity index (χ4n) is 1.34. The largest absolute Gasteiger partial charge is 0.318 e. The number of thiophene rings is 1. The first-order chi connectivity index (χ1) is 7.16. The van der Waals surface area contributed by atoms with Gasteiger partial charge < -0.3 is 5.73 Å². The van der Waals surface area contributed by atoms with Gasteiger partial charge in [-0.1, -0.05) is 0 Å². The maximum absolute atomic E-state index is 6.06. The molecule has 15 heavy (non-hydrogen) atoms. The van der Waals surface area contributed by atoms with Crippen molar-refractivity contribution in [1.82, 2.24) is 9.97 Å². The van der Waals surface area contributed by atoms with Gasteiger partial charge in [-0.05, 0) is 36.4 Å². The van der Waals surface area contributed by atoms with Gasteiger partial charge in [0.1, 0.15) is 5.82 Å². The summed E-state index contributed by atoms with van der Waals surface area (Å²) in [6.07, 6.45) is 3.59. The van der Waals surface area contributed by atoms with Crippen molar-refractivity contribution < 1.29 is 0 Å². The van der Waals surface area contributed by atoms with Gasteiger partial charge in [0.15, 0.2) is 0 Å². The van der Waals surface area contributed by atoms with E-state index in [1.54, 1.807) is 23.7 Å². The molecule has 2 aromatic rings. The van der Waals surface area contributed by atoms with E-state index < -0.39 is 0 Å². The lowest BCUT2D eigenvalue weighted by atomic mass is 10.1. The topological polar surface area (TPSA) is 51.8 Å². The van der Waals surface area contributed by atoms with E-state index in [4.69, 9.17) is 5.73 Å². The molecule has 2 rings (SSSR count). The molecule has 0 aliphatic rings. The highest BCUT2D eigenvalue weighted by atomic mass is 32.1. The van der Waals surface area contributed by atoms with Crippen LogP contribution < -0.4 is 5.73 Å².